The van der Waals surface area contributed by atoms with Gasteiger partial charge in [-0.1, -0.05) is 46.6 Å². The number of nitrogens with zero attached hydrogens (tertiary/aromatic N) is 1. The molecule has 0 saturated carbocycles. The molecule has 2 aromatic carbocycles. The minimum Gasteiger partial charge on any atom is -0.465 e. The molecule has 1 heterocycles. The van der Waals surface area contributed by atoms with Crippen molar-refractivity contribution in [2.24, 2.45) is 0 Å². The summed E-state index contributed by atoms with van der Waals surface area (Å²) in [5, 5.41) is 18.0. The highest BCUT2D eigenvalue weighted by atomic mass is 35.5. The normalized spacial score (nSPS) is 10.4. The first-order valence-electron chi connectivity index (χ1n) is 7.72. The molecule has 0 unspecified atom stereocenters. The van der Waals surface area contributed by atoms with Gasteiger partial charge in [0.25, 0.3) is 0 Å². The zero-order valence-corrected chi connectivity index (χ0v) is 15.2. The van der Waals surface area contributed by atoms with Crippen LogP contribution < -0.4 is 10.6 Å². The second kappa shape index (κ2) is 8.11. The van der Waals surface area contributed by atoms with E-state index in [2.05, 4.69) is 10.5 Å². The minimum atomic E-state index is -1.27. The Hall–Kier alpha value is -3.03. The molecule has 0 bridgehead atoms. The number of carbonyl (C=O) groups excluding carboxylic acids is 1. The van der Waals surface area contributed by atoms with Crippen molar-refractivity contribution in [3.8, 4) is 22.6 Å². The number of carbonyl (C=O) groups is 2. The number of hydrogen-bond donors (Lipinski definition) is 3. The number of nitrogens with one attached hydrogen (secondary N) is 2. The lowest BCUT2D eigenvalue weighted by molar-refractivity contribution is -0.115. The molecule has 0 aliphatic rings. The van der Waals surface area contributed by atoms with E-state index < -0.39 is 12.0 Å². The van der Waals surface area contributed by atoms with Gasteiger partial charge in [0.1, 0.15) is 12.2 Å². The molecule has 3 N–H and O–H groups in total. The van der Waals surface area contributed by atoms with E-state index in [-0.39, 0.29) is 6.54 Å². The van der Waals surface area contributed by atoms with Crippen LogP contribution in [0, 0.1) is 0 Å². The van der Waals surface area contributed by atoms with Gasteiger partial charge in [0.15, 0.2) is 5.76 Å². The lowest BCUT2D eigenvalue weighted by Crippen LogP contribution is -2.31. The van der Waals surface area contributed by atoms with E-state index in [9.17, 15) is 9.59 Å². The van der Waals surface area contributed by atoms with Gasteiger partial charge in [0.2, 0.25) is 5.91 Å². The summed E-state index contributed by atoms with van der Waals surface area (Å²) in [6.45, 7) is -0.350. The van der Waals surface area contributed by atoms with Crippen LogP contribution in [-0.2, 0) is 4.79 Å². The summed E-state index contributed by atoms with van der Waals surface area (Å²) in [5.41, 5.74) is 2.21. The van der Waals surface area contributed by atoms with Crippen molar-refractivity contribution in [2.45, 2.75) is 0 Å². The van der Waals surface area contributed by atoms with Crippen molar-refractivity contribution >= 4 is 40.9 Å². The van der Waals surface area contributed by atoms with Crippen LogP contribution in [-0.4, -0.2) is 28.8 Å². The van der Waals surface area contributed by atoms with Crippen LogP contribution in [0.1, 0.15) is 0 Å². The molecule has 0 aliphatic carbocycles. The maximum Gasteiger partial charge on any atom is 0.405 e. The SMILES string of the molecule is O=C(O)NCC(=O)Nc1cccc(-c2cc(-c3c(Cl)cccc3Cl)no2)c1. The van der Waals surface area contributed by atoms with Crippen molar-refractivity contribution in [1.82, 2.24) is 10.5 Å². The van der Waals surface area contributed by atoms with Gasteiger partial charge in [-0.25, -0.2) is 4.79 Å². The zero-order valence-electron chi connectivity index (χ0n) is 13.7. The van der Waals surface area contributed by atoms with Crippen molar-refractivity contribution < 1.29 is 19.2 Å². The van der Waals surface area contributed by atoms with Crippen LogP contribution in [0.2, 0.25) is 10.0 Å². The molecule has 1 aromatic heterocycles. The quantitative estimate of drug-likeness (QED) is 0.578. The molecule has 3 aromatic rings. The first-order chi connectivity index (χ1) is 12.9. The summed E-state index contributed by atoms with van der Waals surface area (Å²) in [6.07, 6.45) is -1.27. The van der Waals surface area contributed by atoms with E-state index in [0.29, 0.717) is 38.3 Å². The van der Waals surface area contributed by atoms with Gasteiger partial charge in [0, 0.05) is 22.9 Å². The van der Waals surface area contributed by atoms with Crippen LogP contribution >= 0.6 is 23.2 Å². The highest BCUT2D eigenvalue weighted by Crippen LogP contribution is 2.36. The third-order valence-corrected chi connectivity index (χ3v) is 4.19. The van der Waals surface area contributed by atoms with E-state index in [0.717, 1.165) is 0 Å². The topological polar surface area (TPSA) is 104 Å². The summed E-state index contributed by atoms with van der Waals surface area (Å²) < 4.78 is 5.38. The van der Waals surface area contributed by atoms with Gasteiger partial charge >= 0.3 is 6.09 Å². The first-order valence-corrected chi connectivity index (χ1v) is 8.48. The Balaban J connectivity index is 1.81. The monoisotopic (exact) mass is 405 g/mol. The van der Waals surface area contributed by atoms with Crippen molar-refractivity contribution in [1.29, 1.82) is 0 Å². The fourth-order valence-electron chi connectivity index (χ4n) is 2.38. The summed E-state index contributed by atoms with van der Waals surface area (Å²) >= 11 is 12.4. The molecule has 0 atom stereocenters. The second-order valence-corrected chi connectivity index (χ2v) is 6.28. The van der Waals surface area contributed by atoms with Gasteiger partial charge in [-0.3, -0.25) is 4.79 Å². The Labute approximate surface area is 163 Å². The van der Waals surface area contributed by atoms with E-state index in [1.807, 2.05) is 5.32 Å². The van der Waals surface area contributed by atoms with Crippen LogP contribution in [0.3, 0.4) is 0 Å². The molecule has 0 spiro atoms. The maximum atomic E-state index is 11.7. The number of halogens is 2. The number of rotatable bonds is 5. The Morgan fingerprint density at radius 1 is 1.07 bits per heavy atom. The summed E-state index contributed by atoms with van der Waals surface area (Å²) in [7, 11) is 0. The number of hydrogen-bond acceptors (Lipinski definition) is 4. The maximum absolute atomic E-state index is 11.7. The second-order valence-electron chi connectivity index (χ2n) is 5.46. The van der Waals surface area contributed by atoms with E-state index in [4.69, 9.17) is 32.8 Å². The van der Waals surface area contributed by atoms with Gasteiger partial charge in [-0.05, 0) is 24.3 Å². The molecule has 0 aliphatic heterocycles. The van der Waals surface area contributed by atoms with E-state index in [1.54, 1.807) is 48.5 Å². The average Bonchev–Trinajstić information content (AvgIpc) is 3.10. The fraction of sp³-hybridized carbons (Fsp3) is 0.0556. The predicted molar refractivity (Wildman–Crippen MR) is 102 cm³/mol. The van der Waals surface area contributed by atoms with Crippen molar-refractivity contribution in [3.63, 3.8) is 0 Å². The van der Waals surface area contributed by atoms with Gasteiger partial charge in [-0.15, -0.1) is 0 Å². The largest absolute Gasteiger partial charge is 0.465 e. The van der Waals surface area contributed by atoms with Gasteiger partial charge < -0.3 is 20.3 Å². The summed E-state index contributed by atoms with van der Waals surface area (Å²) in [4.78, 5) is 22.2. The van der Waals surface area contributed by atoms with Crippen LogP contribution in [0.4, 0.5) is 10.5 Å². The minimum absolute atomic E-state index is 0.350. The number of aromatic nitrogens is 1. The lowest BCUT2D eigenvalue weighted by Gasteiger charge is -2.06. The molecular formula is C18H13Cl2N3O4. The third kappa shape index (κ3) is 4.58. The van der Waals surface area contributed by atoms with Gasteiger partial charge in [0.05, 0.1) is 10.0 Å². The molecule has 3 rings (SSSR count). The van der Waals surface area contributed by atoms with Gasteiger partial charge in [-0.2, -0.15) is 0 Å². The third-order valence-electron chi connectivity index (χ3n) is 3.56. The summed E-state index contributed by atoms with van der Waals surface area (Å²) in [6, 6.07) is 13.7. The Morgan fingerprint density at radius 2 is 1.78 bits per heavy atom. The number of benzene rings is 2. The van der Waals surface area contributed by atoms with Crippen molar-refractivity contribution in [2.75, 3.05) is 11.9 Å². The van der Waals surface area contributed by atoms with E-state index in [1.165, 1.54) is 0 Å². The number of amides is 2. The average molecular weight is 406 g/mol. The molecule has 0 saturated heterocycles. The lowest BCUT2D eigenvalue weighted by atomic mass is 10.1. The molecule has 0 radical (unpaired) electrons. The Bertz CT molecular complexity index is 984. The smallest absolute Gasteiger partial charge is 0.405 e. The standard InChI is InChI=1S/C18H13Cl2N3O4/c19-12-5-2-6-13(20)17(12)14-8-15(27-23-14)10-3-1-4-11(7-10)22-16(24)9-21-18(25)26/h1-8,21H,9H2,(H,22,24)(H,25,26). The highest BCUT2D eigenvalue weighted by molar-refractivity contribution is 6.39. The Kier molecular flexibility index (Phi) is 5.63. The molecule has 27 heavy (non-hydrogen) atoms. The van der Waals surface area contributed by atoms with Crippen LogP contribution in [0.5, 0.6) is 0 Å². The van der Waals surface area contributed by atoms with Crippen molar-refractivity contribution in [3.05, 3.63) is 58.6 Å². The number of anilines is 1. The molecule has 2 amide bonds. The molecule has 7 nitrogen and oxygen atoms in total. The molecular weight excluding hydrogens is 393 g/mol. The highest BCUT2D eigenvalue weighted by Gasteiger charge is 2.15. The number of carboxylic acid groups (broad SMARTS) is 1. The molecule has 0 fully saturated rings. The molecule has 9 heteroatoms. The first kappa shape index (κ1) is 18.8. The van der Waals surface area contributed by atoms with Crippen LogP contribution in [0.25, 0.3) is 22.6 Å². The van der Waals surface area contributed by atoms with Crippen LogP contribution in [0.15, 0.2) is 53.1 Å². The fourth-order valence-corrected chi connectivity index (χ4v) is 2.97. The summed E-state index contributed by atoms with van der Waals surface area (Å²) in [5.74, 6) is -0.0311. The Morgan fingerprint density at radius 3 is 2.48 bits per heavy atom. The predicted octanol–water partition coefficient (Wildman–Crippen LogP) is 4.52. The zero-order chi connectivity index (χ0) is 19.4. The molecule has 138 valence electrons. The van der Waals surface area contributed by atoms with E-state index >= 15 is 0 Å².